The smallest absolute Gasteiger partial charge is 0.317 e. The van der Waals surface area contributed by atoms with Crippen molar-refractivity contribution >= 4 is 17.8 Å². The zero-order valence-electron chi connectivity index (χ0n) is 14.2. The lowest BCUT2D eigenvalue weighted by atomic mass is 10.2. The first kappa shape index (κ1) is 18.3. The van der Waals surface area contributed by atoms with Gasteiger partial charge in [-0.05, 0) is 24.0 Å². The Morgan fingerprint density at radius 3 is 3.04 bits per heavy atom. The highest BCUT2D eigenvalue weighted by molar-refractivity contribution is 7.98. The Hall–Kier alpha value is -2.06. The van der Waals surface area contributed by atoms with E-state index in [2.05, 4.69) is 27.6 Å². The van der Waals surface area contributed by atoms with Gasteiger partial charge in [0.05, 0.1) is 13.2 Å². The van der Waals surface area contributed by atoms with E-state index in [4.69, 9.17) is 4.74 Å². The van der Waals surface area contributed by atoms with Crippen LogP contribution in [0.25, 0.3) is 0 Å². The summed E-state index contributed by atoms with van der Waals surface area (Å²) in [6.45, 7) is 2.12. The van der Waals surface area contributed by atoms with Gasteiger partial charge in [-0.3, -0.25) is 0 Å². The summed E-state index contributed by atoms with van der Waals surface area (Å²) in [5.41, 5.74) is 1.10. The van der Waals surface area contributed by atoms with Crippen LogP contribution in [0.2, 0.25) is 0 Å². The van der Waals surface area contributed by atoms with Crippen molar-refractivity contribution in [1.82, 2.24) is 25.0 Å². The number of nitrogens with one attached hydrogen (secondary N) is 1. The highest BCUT2D eigenvalue weighted by Gasteiger charge is 2.11. The molecule has 0 fully saturated rings. The Morgan fingerprint density at radius 2 is 2.29 bits per heavy atom. The minimum Gasteiger partial charge on any atom is -0.383 e. The van der Waals surface area contributed by atoms with E-state index in [9.17, 15) is 4.79 Å². The van der Waals surface area contributed by atoms with E-state index >= 15 is 0 Å². The molecule has 0 saturated carbocycles. The summed E-state index contributed by atoms with van der Waals surface area (Å²) in [6, 6.07) is 8.03. The van der Waals surface area contributed by atoms with E-state index < -0.39 is 0 Å². The maximum Gasteiger partial charge on any atom is 0.317 e. The Balaban J connectivity index is 1.86. The monoisotopic (exact) mass is 349 g/mol. The third kappa shape index (κ3) is 5.24. The zero-order valence-corrected chi connectivity index (χ0v) is 15.0. The number of benzene rings is 1. The van der Waals surface area contributed by atoms with Gasteiger partial charge in [0, 0.05) is 32.1 Å². The summed E-state index contributed by atoms with van der Waals surface area (Å²) in [5.74, 6) is 0.707. The van der Waals surface area contributed by atoms with Crippen molar-refractivity contribution in [2.75, 3.05) is 27.0 Å². The molecule has 0 radical (unpaired) electrons. The fourth-order valence-electron chi connectivity index (χ4n) is 2.20. The maximum absolute atomic E-state index is 12.2. The summed E-state index contributed by atoms with van der Waals surface area (Å²) < 4.78 is 6.91. The van der Waals surface area contributed by atoms with Gasteiger partial charge < -0.3 is 19.5 Å². The molecule has 2 rings (SSSR count). The number of hydrogen-bond acceptors (Lipinski definition) is 5. The summed E-state index contributed by atoms with van der Waals surface area (Å²) >= 11 is 1.69. The minimum atomic E-state index is -0.147. The second-order valence-corrected chi connectivity index (χ2v) is 6.18. The second kappa shape index (κ2) is 9.29. The van der Waals surface area contributed by atoms with Crippen LogP contribution < -0.4 is 5.32 Å². The van der Waals surface area contributed by atoms with Gasteiger partial charge in [-0.1, -0.05) is 12.1 Å². The van der Waals surface area contributed by atoms with Crippen LogP contribution in [0.1, 0.15) is 11.4 Å². The molecule has 0 aliphatic carbocycles. The molecule has 0 bridgehead atoms. The lowest BCUT2D eigenvalue weighted by molar-refractivity contribution is 0.185. The molecule has 1 aromatic heterocycles. The molecule has 1 aromatic carbocycles. The van der Waals surface area contributed by atoms with Crippen LogP contribution in [-0.4, -0.2) is 52.7 Å². The van der Waals surface area contributed by atoms with Gasteiger partial charge in [-0.15, -0.1) is 22.0 Å². The summed E-state index contributed by atoms with van der Waals surface area (Å²) in [4.78, 5) is 15.1. The first-order chi connectivity index (χ1) is 11.6. The second-order valence-electron chi connectivity index (χ2n) is 5.30. The third-order valence-corrected chi connectivity index (χ3v) is 4.26. The van der Waals surface area contributed by atoms with Crippen molar-refractivity contribution in [1.29, 1.82) is 0 Å². The molecule has 2 amide bonds. The molecule has 7 nitrogen and oxygen atoms in total. The molecule has 24 heavy (non-hydrogen) atoms. The predicted molar refractivity (Wildman–Crippen MR) is 93.8 cm³/mol. The summed E-state index contributed by atoms with van der Waals surface area (Å²) in [5, 5.41) is 10.8. The van der Waals surface area contributed by atoms with Crippen molar-refractivity contribution in [2.45, 2.75) is 24.5 Å². The van der Waals surface area contributed by atoms with Gasteiger partial charge >= 0.3 is 6.03 Å². The number of urea groups is 1. The fraction of sp³-hybridized carbons (Fsp3) is 0.438. The largest absolute Gasteiger partial charge is 0.383 e. The van der Waals surface area contributed by atoms with Crippen LogP contribution in [0, 0.1) is 0 Å². The Morgan fingerprint density at radius 1 is 1.46 bits per heavy atom. The number of methoxy groups -OCH3 is 1. The average Bonchev–Trinajstić information content (AvgIpc) is 3.05. The molecular weight excluding hydrogens is 326 g/mol. The first-order valence-electron chi connectivity index (χ1n) is 7.61. The molecule has 0 unspecified atom stereocenters. The van der Waals surface area contributed by atoms with Crippen molar-refractivity contribution in [2.24, 2.45) is 0 Å². The van der Waals surface area contributed by atoms with Crippen LogP contribution in [-0.2, 0) is 24.4 Å². The number of carbonyl (C=O) groups excluding carboxylic acids is 1. The van der Waals surface area contributed by atoms with Gasteiger partial charge in [0.25, 0.3) is 0 Å². The summed E-state index contributed by atoms with van der Waals surface area (Å²) in [7, 11) is 3.42. The van der Waals surface area contributed by atoms with Gasteiger partial charge in [0.15, 0.2) is 5.82 Å². The fourth-order valence-corrected chi connectivity index (χ4v) is 2.68. The average molecular weight is 349 g/mol. The van der Waals surface area contributed by atoms with Crippen molar-refractivity contribution in [3.8, 4) is 0 Å². The first-order valence-corrected chi connectivity index (χ1v) is 8.84. The number of carbonyl (C=O) groups is 1. The normalized spacial score (nSPS) is 10.6. The van der Waals surface area contributed by atoms with E-state index in [-0.39, 0.29) is 6.03 Å². The number of aromatic nitrogens is 3. The number of amides is 2. The van der Waals surface area contributed by atoms with Crippen molar-refractivity contribution in [3.63, 3.8) is 0 Å². The third-order valence-electron chi connectivity index (χ3n) is 3.53. The molecule has 8 heteroatoms. The molecule has 0 saturated heterocycles. The zero-order chi connectivity index (χ0) is 17.4. The van der Waals surface area contributed by atoms with Crippen molar-refractivity contribution < 1.29 is 9.53 Å². The Bertz CT molecular complexity index is 661. The van der Waals surface area contributed by atoms with Crippen LogP contribution in [0.3, 0.4) is 0 Å². The lowest BCUT2D eigenvalue weighted by Crippen LogP contribution is -2.37. The maximum atomic E-state index is 12.2. The van der Waals surface area contributed by atoms with E-state index in [1.165, 1.54) is 4.90 Å². The number of hydrogen-bond donors (Lipinski definition) is 1. The number of nitrogens with zero attached hydrogens (tertiary/aromatic N) is 4. The molecule has 1 N–H and O–H groups in total. The van der Waals surface area contributed by atoms with Gasteiger partial charge in [-0.2, -0.15) is 0 Å². The SMILES string of the molecule is COCCn1cnnc1CNC(=O)N(C)Cc1cccc(SC)c1. The molecule has 0 aliphatic rings. The van der Waals surface area contributed by atoms with Gasteiger partial charge in [0.2, 0.25) is 0 Å². The van der Waals surface area contributed by atoms with Gasteiger partial charge in [0.1, 0.15) is 6.33 Å². The molecular formula is C16H23N5O2S. The lowest BCUT2D eigenvalue weighted by Gasteiger charge is -2.18. The highest BCUT2D eigenvalue weighted by Crippen LogP contribution is 2.16. The quantitative estimate of drug-likeness (QED) is 0.738. The van der Waals surface area contributed by atoms with E-state index in [1.807, 2.05) is 23.0 Å². The minimum absolute atomic E-state index is 0.147. The molecule has 2 aromatic rings. The molecule has 130 valence electrons. The molecule has 0 spiro atoms. The van der Waals surface area contributed by atoms with Gasteiger partial charge in [-0.25, -0.2) is 4.79 Å². The van der Waals surface area contributed by atoms with E-state index in [0.717, 1.165) is 5.56 Å². The standard InChI is InChI=1S/C16H23N5O2S/c1-20(11-13-5-4-6-14(9-13)24-3)16(22)17-10-15-19-18-12-21(15)7-8-23-2/h4-6,9,12H,7-8,10-11H2,1-3H3,(H,17,22). The molecule has 0 aliphatic heterocycles. The Kier molecular flexibility index (Phi) is 7.07. The number of thioether (sulfide) groups is 1. The van der Waals surface area contributed by atoms with Crippen LogP contribution in [0.4, 0.5) is 4.79 Å². The topological polar surface area (TPSA) is 72.3 Å². The van der Waals surface area contributed by atoms with Crippen LogP contribution in [0.15, 0.2) is 35.5 Å². The molecule has 1 heterocycles. The highest BCUT2D eigenvalue weighted by atomic mass is 32.2. The number of ether oxygens (including phenoxy) is 1. The summed E-state index contributed by atoms with van der Waals surface area (Å²) in [6.07, 6.45) is 3.67. The van der Waals surface area contributed by atoms with Crippen LogP contribution in [0.5, 0.6) is 0 Å². The van der Waals surface area contributed by atoms with E-state index in [0.29, 0.717) is 32.1 Å². The Labute approximate surface area is 146 Å². The number of rotatable bonds is 8. The molecule has 0 atom stereocenters. The predicted octanol–water partition coefficient (Wildman–Crippen LogP) is 1.99. The van der Waals surface area contributed by atoms with E-state index in [1.54, 1.807) is 37.1 Å². The van der Waals surface area contributed by atoms with Crippen LogP contribution >= 0.6 is 11.8 Å². The van der Waals surface area contributed by atoms with Crippen molar-refractivity contribution in [3.05, 3.63) is 42.0 Å².